The zero-order chi connectivity index (χ0) is 24.1. The van der Waals surface area contributed by atoms with Crippen LogP contribution in [0.15, 0.2) is 53.0 Å². The van der Waals surface area contributed by atoms with E-state index < -0.39 is 5.41 Å². The molecule has 0 radical (unpaired) electrons. The van der Waals surface area contributed by atoms with Gasteiger partial charge in [-0.25, -0.2) is 0 Å². The Kier molecular flexibility index (Phi) is 7.41. The molecule has 1 aliphatic carbocycles. The van der Waals surface area contributed by atoms with E-state index in [0.29, 0.717) is 38.5 Å². The summed E-state index contributed by atoms with van der Waals surface area (Å²) >= 11 is 0. The monoisotopic (exact) mass is 460 g/mol. The van der Waals surface area contributed by atoms with Gasteiger partial charge in [-0.05, 0) is 77.0 Å². The van der Waals surface area contributed by atoms with E-state index in [2.05, 4.69) is 36.6 Å². The molecule has 4 rings (SSSR count). The number of nitrogens with zero attached hydrogens (tertiary/aromatic N) is 4. The lowest BCUT2D eigenvalue weighted by molar-refractivity contribution is -0.129. The van der Waals surface area contributed by atoms with Crippen LogP contribution < -0.4 is 4.90 Å². The van der Waals surface area contributed by atoms with Crippen molar-refractivity contribution in [2.24, 2.45) is 4.99 Å². The number of unbranched alkanes of at least 4 members (excludes halogenated alkanes) is 2. The molecule has 0 bridgehead atoms. The number of hydrogen-bond donors (Lipinski definition) is 0. The number of aliphatic imine (C=N–C) groups is 1. The molecule has 0 saturated carbocycles. The second-order valence-corrected chi connectivity index (χ2v) is 9.65. The summed E-state index contributed by atoms with van der Waals surface area (Å²) in [7, 11) is 0. The maximum absolute atomic E-state index is 13.9. The van der Waals surface area contributed by atoms with Crippen LogP contribution in [0, 0.1) is 11.3 Å². The predicted octanol–water partition coefficient (Wildman–Crippen LogP) is 5.47. The number of ether oxygens (including phenoxy) is 1. The molecule has 0 unspecified atom stereocenters. The highest BCUT2D eigenvalue weighted by Crippen LogP contribution is 2.48. The van der Waals surface area contributed by atoms with Crippen LogP contribution in [0.4, 0.5) is 5.69 Å². The number of carbonyl (C=O) groups excluding carboxylic acids is 1. The molecule has 1 amide bonds. The van der Waals surface area contributed by atoms with Crippen molar-refractivity contribution in [3.8, 4) is 6.07 Å². The van der Waals surface area contributed by atoms with E-state index in [4.69, 9.17) is 15.0 Å². The molecule has 3 aliphatic rings. The Labute approximate surface area is 203 Å². The molecule has 2 aliphatic heterocycles. The number of hydrogen-bond acceptors (Lipinski definition) is 5. The third-order valence-corrected chi connectivity index (χ3v) is 7.30. The molecule has 0 atom stereocenters. The molecule has 1 aromatic rings. The number of rotatable bonds is 10. The van der Waals surface area contributed by atoms with Gasteiger partial charge in [0.1, 0.15) is 5.41 Å². The number of carbonyl (C=O) groups is 1. The van der Waals surface area contributed by atoms with Crippen molar-refractivity contribution in [3.63, 3.8) is 0 Å². The topological polar surface area (TPSA) is 68.9 Å². The third-order valence-electron chi connectivity index (χ3n) is 7.30. The Morgan fingerprint density at radius 2 is 2.00 bits per heavy atom. The SMILES string of the molecule is C=C(OCC)N1CC2(C1)C(=O)N(CC(CCCCC#N)=NC1=C(C)CCCC1)c1ccccc12. The summed E-state index contributed by atoms with van der Waals surface area (Å²) in [5.74, 6) is 0.782. The minimum Gasteiger partial charge on any atom is -0.480 e. The molecule has 2 heterocycles. The van der Waals surface area contributed by atoms with Gasteiger partial charge in [0.2, 0.25) is 5.91 Å². The Hall–Kier alpha value is -3.07. The number of allylic oxidation sites excluding steroid dienone is 2. The maximum Gasteiger partial charge on any atom is 0.241 e. The first-order valence-corrected chi connectivity index (χ1v) is 12.6. The van der Waals surface area contributed by atoms with E-state index in [-0.39, 0.29) is 5.91 Å². The third kappa shape index (κ3) is 4.61. The lowest BCUT2D eigenvalue weighted by Gasteiger charge is -2.48. The Morgan fingerprint density at radius 3 is 2.74 bits per heavy atom. The molecule has 1 saturated heterocycles. The van der Waals surface area contributed by atoms with Gasteiger partial charge >= 0.3 is 0 Å². The molecule has 1 fully saturated rings. The first-order valence-electron chi connectivity index (χ1n) is 12.6. The van der Waals surface area contributed by atoms with E-state index in [1.165, 1.54) is 24.1 Å². The van der Waals surface area contributed by atoms with Crippen LogP contribution in [0.2, 0.25) is 0 Å². The fourth-order valence-electron chi connectivity index (χ4n) is 5.37. The zero-order valence-electron chi connectivity index (χ0n) is 20.6. The maximum atomic E-state index is 13.9. The highest BCUT2D eigenvalue weighted by molar-refractivity contribution is 6.12. The predicted molar refractivity (Wildman–Crippen MR) is 135 cm³/mol. The summed E-state index contributed by atoms with van der Waals surface area (Å²) in [6.07, 6.45) is 7.66. The van der Waals surface area contributed by atoms with E-state index in [1.807, 2.05) is 24.0 Å². The number of anilines is 1. The summed E-state index contributed by atoms with van der Waals surface area (Å²) in [5.41, 5.74) is 5.16. The van der Waals surface area contributed by atoms with Crippen LogP contribution in [0.1, 0.15) is 70.8 Å². The van der Waals surface area contributed by atoms with Crippen molar-refractivity contribution >= 4 is 17.3 Å². The number of fused-ring (bicyclic) bond motifs is 2. The van der Waals surface area contributed by atoms with Crippen molar-refractivity contribution in [1.29, 1.82) is 5.26 Å². The molecule has 6 heteroatoms. The first-order chi connectivity index (χ1) is 16.5. The van der Waals surface area contributed by atoms with Gasteiger partial charge in [-0.3, -0.25) is 9.79 Å². The number of nitriles is 1. The minimum absolute atomic E-state index is 0.147. The van der Waals surface area contributed by atoms with Gasteiger partial charge in [0.05, 0.1) is 19.2 Å². The zero-order valence-corrected chi connectivity index (χ0v) is 20.6. The van der Waals surface area contributed by atoms with Crippen LogP contribution in [0.5, 0.6) is 0 Å². The highest BCUT2D eigenvalue weighted by Gasteiger charge is 2.58. The van der Waals surface area contributed by atoms with Gasteiger partial charge < -0.3 is 14.5 Å². The first kappa shape index (κ1) is 24.1. The largest absolute Gasteiger partial charge is 0.480 e. The molecule has 6 nitrogen and oxygen atoms in total. The number of likely N-dealkylation sites (tertiary alicyclic amines) is 1. The van der Waals surface area contributed by atoms with Crippen LogP contribution in [-0.2, 0) is 14.9 Å². The molecule has 180 valence electrons. The van der Waals surface area contributed by atoms with Crippen LogP contribution >= 0.6 is 0 Å². The van der Waals surface area contributed by atoms with Gasteiger partial charge in [-0.1, -0.05) is 23.8 Å². The summed E-state index contributed by atoms with van der Waals surface area (Å²) in [6.45, 7) is 10.4. The summed E-state index contributed by atoms with van der Waals surface area (Å²) in [6, 6.07) is 10.4. The fraction of sp³-hybridized carbons (Fsp3) is 0.536. The average Bonchev–Trinajstić information content (AvgIpc) is 3.05. The fourth-order valence-corrected chi connectivity index (χ4v) is 5.37. The van der Waals surface area contributed by atoms with Gasteiger partial charge in [-0.15, -0.1) is 0 Å². The van der Waals surface area contributed by atoms with Crippen LogP contribution in [-0.4, -0.2) is 42.8 Å². The molecule has 1 spiro atoms. The van der Waals surface area contributed by atoms with Crippen molar-refractivity contribution in [2.45, 2.75) is 70.6 Å². The Morgan fingerprint density at radius 1 is 1.24 bits per heavy atom. The van der Waals surface area contributed by atoms with Gasteiger partial charge in [0.15, 0.2) is 5.88 Å². The quantitative estimate of drug-likeness (QED) is 0.264. The molecule has 34 heavy (non-hydrogen) atoms. The van der Waals surface area contributed by atoms with Crippen molar-refractivity contribution in [3.05, 3.63) is 53.6 Å². The van der Waals surface area contributed by atoms with Gasteiger partial charge in [-0.2, -0.15) is 5.26 Å². The van der Waals surface area contributed by atoms with Crippen LogP contribution in [0.25, 0.3) is 0 Å². The second kappa shape index (κ2) is 10.5. The molecule has 1 aromatic carbocycles. The molecule has 0 N–H and O–H groups in total. The lowest BCUT2D eigenvalue weighted by atomic mass is 9.74. The highest BCUT2D eigenvalue weighted by atomic mass is 16.5. The van der Waals surface area contributed by atoms with Crippen molar-refractivity contribution in [1.82, 2.24) is 4.90 Å². The van der Waals surface area contributed by atoms with Crippen LogP contribution in [0.3, 0.4) is 0 Å². The van der Waals surface area contributed by atoms with Crippen molar-refractivity contribution < 1.29 is 9.53 Å². The van der Waals surface area contributed by atoms with E-state index in [9.17, 15) is 4.79 Å². The Balaban J connectivity index is 1.58. The van der Waals surface area contributed by atoms with E-state index in [1.54, 1.807) is 0 Å². The summed E-state index contributed by atoms with van der Waals surface area (Å²) in [4.78, 5) is 23.0. The molecular weight excluding hydrogens is 424 g/mol. The van der Waals surface area contributed by atoms with Crippen molar-refractivity contribution in [2.75, 3.05) is 31.1 Å². The number of amides is 1. The summed E-state index contributed by atoms with van der Waals surface area (Å²) in [5, 5.41) is 8.93. The molecule has 0 aromatic heterocycles. The average molecular weight is 461 g/mol. The van der Waals surface area contributed by atoms with E-state index in [0.717, 1.165) is 49.1 Å². The second-order valence-electron chi connectivity index (χ2n) is 9.65. The number of para-hydroxylation sites is 1. The van der Waals surface area contributed by atoms with Gasteiger partial charge in [0, 0.05) is 36.6 Å². The molecular formula is C28H36N4O2. The minimum atomic E-state index is -0.539. The summed E-state index contributed by atoms with van der Waals surface area (Å²) < 4.78 is 5.58. The standard InChI is InChI=1S/C28H36N4O2/c1-4-34-22(3)31-19-28(20-31)24-14-8-10-16-26(24)32(27(28)33)18-23(13-6-5-11-17-29)30-25-15-9-7-12-21(25)2/h8,10,14,16H,3-7,9,11-13,15,18-20H2,1-2H3. The number of benzene rings is 1. The normalized spacial score (nSPS) is 19.2. The van der Waals surface area contributed by atoms with E-state index >= 15 is 0 Å². The smallest absolute Gasteiger partial charge is 0.241 e. The van der Waals surface area contributed by atoms with Gasteiger partial charge in [0.25, 0.3) is 0 Å². The lowest BCUT2D eigenvalue weighted by Crippen LogP contribution is -2.63. The Bertz CT molecular complexity index is 1040.